The monoisotopic (exact) mass is 435 g/mol. The van der Waals surface area contributed by atoms with Crippen LogP contribution in [0.15, 0.2) is 36.0 Å². The Labute approximate surface area is 176 Å². The van der Waals surface area contributed by atoms with Crippen LogP contribution >= 0.6 is 0 Å². The number of anilines is 1. The summed E-state index contributed by atoms with van der Waals surface area (Å²) in [7, 11) is -1.63. The lowest BCUT2D eigenvalue weighted by atomic mass is 10.1. The third-order valence-corrected chi connectivity index (χ3v) is 6.31. The van der Waals surface area contributed by atoms with Crippen LogP contribution in [0.3, 0.4) is 0 Å². The molecule has 1 N–H and O–H groups in total. The zero-order valence-electron chi connectivity index (χ0n) is 17.0. The summed E-state index contributed by atoms with van der Waals surface area (Å²) >= 11 is 0. The number of ether oxygens (including phenoxy) is 2. The van der Waals surface area contributed by atoms with Gasteiger partial charge >= 0.3 is 5.97 Å². The van der Waals surface area contributed by atoms with Gasteiger partial charge in [-0.1, -0.05) is 12.1 Å². The van der Waals surface area contributed by atoms with Crippen LogP contribution in [0.2, 0.25) is 0 Å². The first kappa shape index (κ1) is 23.4. The number of nitrogens with one attached hydrogen (secondary N) is 1. The van der Waals surface area contributed by atoms with Crippen molar-refractivity contribution >= 4 is 27.4 Å². The number of carbonyl (C=O) groups excluding carboxylic acids is 2. The van der Waals surface area contributed by atoms with E-state index in [-0.39, 0.29) is 41.0 Å². The van der Waals surface area contributed by atoms with Crippen LogP contribution in [0.5, 0.6) is 0 Å². The highest BCUT2D eigenvalue weighted by Crippen LogP contribution is 2.20. The standard InChI is InChI=1S/C20H25N3O6S/c1-3-29-20(25)17-6-4-5-7-18(17)22-19(24)15(12-21)13-23(9-10-28-2)16-8-11-30(26,27)14-16/h4-7,13,16H,3,8-11,14H2,1-2H3,(H,22,24)/b15-13-. The minimum absolute atomic E-state index is 0.0424. The van der Waals surface area contributed by atoms with Gasteiger partial charge in [0.15, 0.2) is 9.84 Å². The van der Waals surface area contributed by atoms with E-state index >= 15 is 0 Å². The Kier molecular flexibility index (Phi) is 8.38. The number of nitrogens with zero attached hydrogens (tertiary/aromatic N) is 2. The molecule has 1 aromatic carbocycles. The fourth-order valence-electron chi connectivity index (χ4n) is 3.06. The molecule has 1 unspecified atom stereocenters. The van der Waals surface area contributed by atoms with Crippen molar-refractivity contribution in [3.05, 3.63) is 41.6 Å². The second-order valence-electron chi connectivity index (χ2n) is 6.66. The van der Waals surface area contributed by atoms with Crippen LogP contribution in [-0.4, -0.2) is 69.6 Å². The lowest BCUT2D eigenvalue weighted by molar-refractivity contribution is -0.112. The maximum atomic E-state index is 12.7. The van der Waals surface area contributed by atoms with Gasteiger partial charge in [-0.15, -0.1) is 0 Å². The van der Waals surface area contributed by atoms with E-state index in [1.54, 1.807) is 24.0 Å². The van der Waals surface area contributed by atoms with E-state index in [0.717, 1.165) is 0 Å². The van der Waals surface area contributed by atoms with Crippen LogP contribution in [-0.2, 0) is 24.1 Å². The number of amides is 1. The number of carbonyl (C=O) groups is 2. The predicted octanol–water partition coefficient (Wildman–Crippen LogP) is 1.34. The highest BCUT2D eigenvalue weighted by Gasteiger charge is 2.31. The largest absolute Gasteiger partial charge is 0.462 e. The van der Waals surface area contributed by atoms with Crippen molar-refractivity contribution < 1.29 is 27.5 Å². The molecule has 1 aliphatic heterocycles. The molecular weight excluding hydrogens is 410 g/mol. The second-order valence-corrected chi connectivity index (χ2v) is 8.89. The van der Waals surface area contributed by atoms with Gasteiger partial charge in [-0.3, -0.25) is 4.79 Å². The molecule has 0 bridgehead atoms. The average molecular weight is 436 g/mol. The molecule has 1 aliphatic rings. The molecule has 0 aliphatic carbocycles. The summed E-state index contributed by atoms with van der Waals surface area (Å²) in [6.07, 6.45) is 1.77. The molecule has 2 rings (SSSR count). The molecule has 0 saturated carbocycles. The molecule has 162 valence electrons. The van der Waals surface area contributed by atoms with E-state index < -0.39 is 21.7 Å². The highest BCUT2D eigenvalue weighted by molar-refractivity contribution is 7.91. The molecule has 1 atom stereocenters. The summed E-state index contributed by atoms with van der Waals surface area (Å²) in [6.45, 7) is 2.49. The van der Waals surface area contributed by atoms with Crippen molar-refractivity contribution in [2.24, 2.45) is 0 Å². The number of benzene rings is 1. The van der Waals surface area contributed by atoms with Gasteiger partial charge in [-0.05, 0) is 25.5 Å². The molecule has 0 radical (unpaired) electrons. The highest BCUT2D eigenvalue weighted by atomic mass is 32.2. The van der Waals surface area contributed by atoms with Crippen LogP contribution in [0.4, 0.5) is 5.69 Å². The number of hydrogen-bond acceptors (Lipinski definition) is 8. The van der Waals surface area contributed by atoms with E-state index in [2.05, 4.69) is 5.32 Å². The zero-order chi connectivity index (χ0) is 22.1. The Hall–Kier alpha value is -2.90. The third kappa shape index (κ3) is 6.30. The van der Waals surface area contributed by atoms with Crippen LogP contribution in [0.25, 0.3) is 0 Å². The third-order valence-electron chi connectivity index (χ3n) is 4.56. The average Bonchev–Trinajstić information content (AvgIpc) is 3.08. The van der Waals surface area contributed by atoms with E-state index in [4.69, 9.17) is 9.47 Å². The Morgan fingerprint density at radius 3 is 2.70 bits per heavy atom. The van der Waals surface area contributed by atoms with Crippen molar-refractivity contribution in [1.29, 1.82) is 5.26 Å². The Morgan fingerprint density at radius 2 is 2.10 bits per heavy atom. The van der Waals surface area contributed by atoms with Gasteiger partial charge in [0.05, 0.1) is 36.0 Å². The van der Waals surface area contributed by atoms with Crippen molar-refractivity contribution in [1.82, 2.24) is 4.90 Å². The van der Waals surface area contributed by atoms with Gasteiger partial charge in [0, 0.05) is 25.9 Å². The van der Waals surface area contributed by atoms with Crippen LogP contribution in [0, 0.1) is 11.3 Å². The summed E-state index contributed by atoms with van der Waals surface area (Å²) < 4.78 is 33.7. The van der Waals surface area contributed by atoms with Crippen molar-refractivity contribution in [2.45, 2.75) is 19.4 Å². The number of sulfone groups is 1. The minimum atomic E-state index is -3.14. The molecule has 9 nitrogen and oxygen atoms in total. The smallest absolute Gasteiger partial charge is 0.340 e. The Bertz CT molecular complexity index is 952. The van der Waals surface area contributed by atoms with E-state index in [1.165, 1.54) is 25.4 Å². The molecule has 1 amide bonds. The number of nitriles is 1. The van der Waals surface area contributed by atoms with Crippen molar-refractivity contribution in [3.8, 4) is 6.07 Å². The first-order valence-corrected chi connectivity index (χ1v) is 11.3. The number of esters is 1. The van der Waals surface area contributed by atoms with E-state index in [9.17, 15) is 23.3 Å². The van der Waals surface area contributed by atoms with Gasteiger partial charge in [-0.25, -0.2) is 13.2 Å². The first-order chi connectivity index (χ1) is 14.3. The van der Waals surface area contributed by atoms with Gasteiger partial charge in [0.1, 0.15) is 11.6 Å². The van der Waals surface area contributed by atoms with Crippen LogP contribution < -0.4 is 5.32 Å². The fraction of sp³-hybridized carbons (Fsp3) is 0.450. The molecule has 1 fully saturated rings. The number of methoxy groups -OCH3 is 1. The number of rotatable bonds is 9. The molecule has 0 aromatic heterocycles. The van der Waals surface area contributed by atoms with Crippen molar-refractivity contribution in [3.63, 3.8) is 0 Å². The van der Waals surface area contributed by atoms with Crippen LogP contribution in [0.1, 0.15) is 23.7 Å². The van der Waals surface area contributed by atoms with E-state index in [1.807, 2.05) is 6.07 Å². The maximum absolute atomic E-state index is 12.7. The maximum Gasteiger partial charge on any atom is 0.340 e. The molecule has 1 aromatic rings. The first-order valence-electron chi connectivity index (χ1n) is 9.45. The molecule has 0 spiro atoms. The molecule has 30 heavy (non-hydrogen) atoms. The molecule has 1 heterocycles. The minimum Gasteiger partial charge on any atom is -0.462 e. The second kappa shape index (κ2) is 10.8. The molecular formula is C20H25N3O6S. The summed E-state index contributed by atoms with van der Waals surface area (Å²) in [5.74, 6) is -1.28. The lowest BCUT2D eigenvalue weighted by Gasteiger charge is -2.26. The summed E-state index contributed by atoms with van der Waals surface area (Å²) in [5.41, 5.74) is 0.172. The topological polar surface area (TPSA) is 126 Å². The SMILES string of the molecule is CCOC(=O)c1ccccc1NC(=O)/C(C#N)=C\N(CCOC)C1CCS(=O)(=O)C1. The van der Waals surface area contributed by atoms with Gasteiger partial charge in [0.25, 0.3) is 5.91 Å². The number of hydrogen-bond donors (Lipinski definition) is 1. The van der Waals surface area contributed by atoms with Crippen molar-refractivity contribution in [2.75, 3.05) is 43.7 Å². The zero-order valence-corrected chi connectivity index (χ0v) is 17.8. The summed E-state index contributed by atoms with van der Waals surface area (Å²) in [4.78, 5) is 26.4. The molecule has 1 saturated heterocycles. The fourth-order valence-corrected chi connectivity index (χ4v) is 4.80. The molecule has 10 heteroatoms. The normalized spacial score (nSPS) is 17.8. The quantitative estimate of drug-likeness (QED) is 0.350. The predicted molar refractivity (Wildman–Crippen MR) is 110 cm³/mol. The van der Waals surface area contributed by atoms with E-state index in [0.29, 0.717) is 19.6 Å². The van der Waals surface area contributed by atoms with Gasteiger partial charge in [-0.2, -0.15) is 5.26 Å². The van der Waals surface area contributed by atoms with Gasteiger partial charge < -0.3 is 19.7 Å². The number of para-hydroxylation sites is 1. The Balaban J connectivity index is 2.24. The Morgan fingerprint density at radius 1 is 1.37 bits per heavy atom. The van der Waals surface area contributed by atoms with Gasteiger partial charge in [0.2, 0.25) is 0 Å². The summed E-state index contributed by atoms with van der Waals surface area (Å²) in [6, 6.07) is 7.83. The summed E-state index contributed by atoms with van der Waals surface area (Å²) in [5, 5.41) is 12.1. The lowest BCUT2D eigenvalue weighted by Crippen LogP contribution is -2.35.